The number of benzene rings is 1. The summed E-state index contributed by atoms with van der Waals surface area (Å²) in [6, 6.07) is 12.4. The van der Waals surface area contributed by atoms with Crippen LogP contribution in [0.1, 0.15) is 24.0 Å². The normalized spacial score (nSPS) is 13.5. The molecule has 0 amide bonds. The van der Waals surface area contributed by atoms with Crippen LogP contribution in [0.3, 0.4) is 0 Å². The predicted molar refractivity (Wildman–Crippen MR) is 139 cm³/mol. The minimum Gasteiger partial charge on any atom is -0.491 e. The van der Waals surface area contributed by atoms with E-state index >= 15 is 0 Å². The van der Waals surface area contributed by atoms with Crippen molar-refractivity contribution in [3.05, 3.63) is 71.7 Å². The first-order valence-corrected chi connectivity index (χ1v) is 12.3. The van der Waals surface area contributed by atoms with E-state index in [9.17, 15) is 14.0 Å². The van der Waals surface area contributed by atoms with Gasteiger partial charge in [0.15, 0.2) is 23.1 Å². The molecule has 1 aliphatic carbocycles. The molecule has 0 spiro atoms. The van der Waals surface area contributed by atoms with Crippen molar-refractivity contribution < 1.29 is 32.9 Å². The average molecular weight is 532 g/mol. The SMILES string of the molecule is COc1cc2nccc(Oc3ccc(CC(=O)C4(C(=O)Cc5ccc(F)cc5)CC4)c(OC)n3)c2nc1OC. The van der Waals surface area contributed by atoms with Crippen LogP contribution in [0.4, 0.5) is 4.39 Å². The molecule has 1 fully saturated rings. The van der Waals surface area contributed by atoms with Gasteiger partial charge < -0.3 is 18.9 Å². The highest BCUT2D eigenvalue weighted by atomic mass is 19.1. The first kappa shape index (κ1) is 26.0. The van der Waals surface area contributed by atoms with Crippen molar-refractivity contribution in [2.24, 2.45) is 5.41 Å². The highest BCUT2D eigenvalue weighted by molar-refractivity contribution is 6.11. The molecule has 0 aliphatic heterocycles. The molecule has 1 saturated carbocycles. The van der Waals surface area contributed by atoms with Crippen LogP contribution in [0, 0.1) is 11.2 Å². The molecular formula is C29H26FN3O6. The number of halogens is 1. The lowest BCUT2D eigenvalue weighted by Gasteiger charge is -2.15. The molecule has 5 rings (SSSR count). The summed E-state index contributed by atoms with van der Waals surface area (Å²) >= 11 is 0. The molecule has 9 nitrogen and oxygen atoms in total. The zero-order valence-electron chi connectivity index (χ0n) is 21.7. The van der Waals surface area contributed by atoms with Gasteiger partial charge in [-0.1, -0.05) is 12.1 Å². The lowest BCUT2D eigenvalue weighted by Crippen LogP contribution is -2.29. The Morgan fingerprint density at radius 3 is 2.23 bits per heavy atom. The molecule has 0 atom stereocenters. The van der Waals surface area contributed by atoms with E-state index in [1.807, 2.05) is 0 Å². The third kappa shape index (κ3) is 5.22. The molecule has 3 aromatic heterocycles. The smallest absolute Gasteiger partial charge is 0.257 e. The van der Waals surface area contributed by atoms with Gasteiger partial charge in [0.1, 0.15) is 11.3 Å². The Morgan fingerprint density at radius 2 is 1.56 bits per heavy atom. The maximum Gasteiger partial charge on any atom is 0.257 e. The Labute approximate surface area is 223 Å². The third-order valence-electron chi connectivity index (χ3n) is 6.79. The molecule has 0 N–H and O–H groups in total. The fourth-order valence-electron chi connectivity index (χ4n) is 4.46. The van der Waals surface area contributed by atoms with Crippen molar-refractivity contribution in [3.8, 4) is 29.1 Å². The van der Waals surface area contributed by atoms with Crippen molar-refractivity contribution in [2.45, 2.75) is 25.7 Å². The van der Waals surface area contributed by atoms with E-state index in [1.165, 1.54) is 33.5 Å². The number of ketones is 2. The molecule has 10 heteroatoms. The van der Waals surface area contributed by atoms with E-state index in [2.05, 4.69) is 15.0 Å². The van der Waals surface area contributed by atoms with Gasteiger partial charge in [-0.2, -0.15) is 4.98 Å². The van der Waals surface area contributed by atoms with Crippen LogP contribution in [0.25, 0.3) is 11.0 Å². The van der Waals surface area contributed by atoms with Gasteiger partial charge in [-0.25, -0.2) is 9.37 Å². The Morgan fingerprint density at radius 1 is 0.846 bits per heavy atom. The van der Waals surface area contributed by atoms with Crippen molar-refractivity contribution in [1.29, 1.82) is 0 Å². The number of Topliss-reactive ketones (excluding diaryl/α,β-unsaturated/α-hetero) is 2. The number of hydrogen-bond acceptors (Lipinski definition) is 9. The molecule has 0 bridgehead atoms. The topological polar surface area (TPSA) is 110 Å². The monoisotopic (exact) mass is 531 g/mol. The van der Waals surface area contributed by atoms with Gasteiger partial charge >= 0.3 is 0 Å². The second-order valence-corrected chi connectivity index (χ2v) is 9.21. The number of aromatic nitrogens is 3. The first-order valence-electron chi connectivity index (χ1n) is 12.3. The van der Waals surface area contributed by atoms with Crippen LogP contribution in [0.2, 0.25) is 0 Å². The van der Waals surface area contributed by atoms with Crippen LogP contribution in [-0.4, -0.2) is 47.8 Å². The molecule has 0 radical (unpaired) electrons. The van der Waals surface area contributed by atoms with Crippen LogP contribution < -0.4 is 18.9 Å². The van der Waals surface area contributed by atoms with Gasteiger partial charge in [-0.15, -0.1) is 0 Å². The highest BCUT2D eigenvalue weighted by Gasteiger charge is 2.54. The number of carbonyl (C=O) groups excluding carboxylic acids is 2. The van der Waals surface area contributed by atoms with Crippen molar-refractivity contribution in [3.63, 3.8) is 0 Å². The first-order chi connectivity index (χ1) is 18.9. The summed E-state index contributed by atoms with van der Waals surface area (Å²) in [7, 11) is 4.45. The highest BCUT2D eigenvalue weighted by Crippen LogP contribution is 2.49. The fourth-order valence-corrected chi connectivity index (χ4v) is 4.46. The maximum atomic E-state index is 13.3. The third-order valence-corrected chi connectivity index (χ3v) is 6.79. The van der Waals surface area contributed by atoms with E-state index in [1.54, 1.807) is 42.6 Å². The quantitative estimate of drug-likeness (QED) is 0.255. The van der Waals surface area contributed by atoms with Gasteiger partial charge in [0.2, 0.25) is 11.8 Å². The summed E-state index contributed by atoms with van der Waals surface area (Å²) in [5, 5.41) is 0. The van der Waals surface area contributed by atoms with Crippen LogP contribution >= 0.6 is 0 Å². The van der Waals surface area contributed by atoms with Crippen molar-refractivity contribution in [1.82, 2.24) is 15.0 Å². The molecule has 200 valence electrons. The molecular weight excluding hydrogens is 505 g/mol. The Bertz CT molecular complexity index is 1550. The Balaban J connectivity index is 1.34. The second-order valence-electron chi connectivity index (χ2n) is 9.21. The number of ether oxygens (including phenoxy) is 4. The number of pyridine rings is 3. The van der Waals surface area contributed by atoms with Gasteiger partial charge in [-0.05, 0) is 36.6 Å². The molecule has 4 aromatic rings. The van der Waals surface area contributed by atoms with Crippen molar-refractivity contribution >= 4 is 22.6 Å². The number of hydrogen-bond donors (Lipinski definition) is 0. The molecule has 39 heavy (non-hydrogen) atoms. The van der Waals surface area contributed by atoms with E-state index in [0.29, 0.717) is 46.5 Å². The minimum absolute atomic E-state index is 0.0116. The molecule has 3 heterocycles. The summed E-state index contributed by atoms with van der Waals surface area (Å²) in [5.74, 6) is 0.836. The van der Waals surface area contributed by atoms with Gasteiger partial charge in [0, 0.05) is 42.8 Å². The van der Waals surface area contributed by atoms with E-state index < -0.39 is 5.41 Å². The average Bonchev–Trinajstić information content (AvgIpc) is 3.77. The number of methoxy groups -OCH3 is 3. The molecule has 1 aliphatic rings. The molecule has 0 saturated heterocycles. The number of carbonyl (C=O) groups is 2. The summed E-state index contributed by atoms with van der Waals surface area (Å²) in [5.41, 5.74) is 1.19. The number of rotatable bonds is 11. The van der Waals surface area contributed by atoms with E-state index in [4.69, 9.17) is 18.9 Å². The summed E-state index contributed by atoms with van der Waals surface area (Å²) < 4.78 is 35.3. The maximum absolute atomic E-state index is 13.3. The molecule has 0 unspecified atom stereocenters. The number of nitrogens with zero attached hydrogens (tertiary/aromatic N) is 3. The van der Waals surface area contributed by atoms with Crippen LogP contribution in [0.5, 0.6) is 29.1 Å². The van der Waals surface area contributed by atoms with Crippen LogP contribution in [-0.2, 0) is 22.4 Å². The zero-order chi connectivity index (χ0) is 27.6. The van der Waals surface area contributed by atoms with Gasteiger partial charge in [-0.3, -0.25) is 14.6 Å². The largest absolute Gasteiger partial charge is 0.491 e. The lowest BCUT2D eigenvalue weighted by molar-refractivity contribution is -0.133. The van der Waals surface area contributed by atoms with Gasteiger partial charge in [0.05, 0.1) is 32.3 Å². The molecule has 1 aromatic carbocycles. The zero-order valence-corrected chi connectivity index (χ0v) is 21.7. The standard InChI is InChI=1S/C29H26FN3O6/c1-36-22-16-20-26(33-28(22)38-3)21(10-13-31-20)39-25-9-6-18(27(32-25)37-2)15-24(35)29(11-12-29)23(34)14-17-4-7-19(30)8-5-17/h4-10,13,16H,11-12,14-15H2,1-3H3. The Hall–Kier alpha value is -4.60. The lowest BCUT2D eigenvalue weighted by atomic mass is 9.88. The summed E-state index contributed by atoms with van der Waals surface area (Å²) in [4.78, 5) is 39.5. The minimum atomic E-state index is -1.02. The fraction of sp³-hybridized carbons (Fsp3) is 0.276. The van der Waals surface area contributed by atoms with Crippen molar-refractivity contribution in [2.75, 3.05) is 21.3 Å². The van der Waals surface area contributed by atoms with E-state index in [0.717, 1.165) is 0 Å². The second kappa shape index (κ2) is 10.6. The predicted octanol–water partition coefficient (Wildman–Crippen LogP) is 4.69. The van der Waals surface area contributed by atoms with Gasteiger partial charge in [0.25, 0.3) is 5.88 Å². The summed E-state index contributed by atoms with van der Waals surface area (Å²) in [6.07, 6.45) is 2.65. The van der Waals surface area contributed by atoms with E-state index in [-0.39, 0.29) is 47.9 Å². The Kier molecular flexibility index (Phi) is 7.10. The number of fused-ring (bicyclic) bond motifs is 1. The van der Waals surface area contributed by atoms with Crippen LogP contribution in [0.15, 0.2) is 54.7 Å². The summed E-state index contributed by atoms with van der Waals surface area (Å²) in [6.45, 7) is 0.